The van der Waals surface area contributed by atoms with Crippen LogP contribution in [0.15, 0.2) is 0 Å². The minimum atomic E-state index is 0.214. The van der Waals surface area contributed by atoms with E-state index in [9.17, 15) is 4.79 Å². The monoisotopic (exact) mass is 212 g/mol. The average Bonchev–Trinajstić information content (AvgIpc) is 2.13. The van der Waals surface area contributed by atoms with Crippen LogP contribution in [-0.2, 0) is 4.79 Å². The summed E-state index contributed by atoms with van der Waals surface area (Å²) in [5.74, 6) is 1.55. The van der Waals surface area contributed by atoms with Crippen molar-refractivity contribution in [3.63, 3.8) is 0 Å². The number of rotatable bonds is 7. The van der Waals surface area contributed by atoms with Gasteiger partial charge in [0.25, 0.3) is 0 Å². The summed E-state index contributed by atoms with van der Waals surface area (Å²) in [4.78, 5) is 11.5. The number of hydrogen-bond donors (Lipinski definition) is 2. The number of amides is 1. The van der Waals surface area contributed by atoms with Crippen molar-refractivity contribution < 1.29 is 4.79 Å². The number of hydrogen-bond acceptors (Lipinski definition) is 2. The van der Waals surface area contributed by atoms with E-state index in [-0.39, 0.29) is 5.91 Å². The van der Waals surface area contributed by atoms with Crippen molar-refractivity contribution >= 4 is 5.91 Å². The number of nitrogens with one attached hydrogen (secondary N) is 1. The van der Waals surface area contributed by atoms with Gasteiger partial charge in [-0.3, -0.25) is 4.79 Å². The summed E-state index contributed by atoms with van der Waals surface area (Å²) in [6.07, 6.45) is 6.58. The summed E-state index contributed by atoms with van der Waals surface area (Å²) < 4.78 is 0. The van der Waals surface area contributed by atoms with E-state index in [2.05, 4.69) is 12.2 Å². The van der Waals surface area contributed by atoms with Crippen molar-refractivity contribution in [2.75, 3.05) is 13.1 Å². The smallest absolute Gasteiger partial charge is 0.220 e. The summed E-state index contributed by atoms with van der Waals surface area (Å²) >= 11 is 0. The van der Waals surface area contributed by atoms with Gasteiger partial charge in [0.05, 0.1) is 0 Å². The summed E-state index contributed by atoms with van der Waals surface area (Å²) in [5.41, 5.74) is 5.46. The van der Waals surface area contributed by atoms with Crippen LogP contribution in [0, 0.1) is 11.8 Å². The molecule has 1 fully saturated rings. The van der Waals surface area contributed by atoms with Crippen LogP contribution in [0.3, 0.4) is 0 Å². The van der Waals surface area contributed by atoms with Gasteiger partial charge in [-0.25, -0.2) is 0 Å². The molecule has 0 aliphatic heterocycles. The second-order valence-electron chi connectivity index (χ2n) is 4.82. The maximum absolute atomic E-state index is 11.5. The summed E-state index contributed by atoms with van der Waals surface area (Å²) in [7, 11) is 0. The third kappa shape index (κ3) is 5.17. The molecule has 0 spiro atoms. The van der Waals surface area contributed by atoms with Gasteiger partial charge in [0.1, 0.15) is 0 Å². The van der Waals surface area contributed by atoms with Gasteiger partial charge in [0, 0.05) is 13.0 Å². The largest absolute Gasteiger partial charge is 0.356 e. The molecule has 0 heterocycles. The molecule has 0 aromatic heterocycles. The fourth-order valence-electron chi connectivity index (χ4n) is 1.85. The van der Waals surface area contributed by atoms with Gasteiger partial charge in [-0.1, -0.05) is 13.3 Å². The van der Waals surface area contributed by atoms with E-state index in [1.54, 1.807) is 0 Å². The van der Waals surface area contributed by atoms with Crippen molar-refractivity contribution in [2.24, 2.45) is 17.6 Å². The molecule has 15 heavy (non-hydrogen) atoms. The van der Waals surface area contributed by atoms with Crippen LogP contribution in [0.1, 0.15) is 45.4 Å². The van der Waals surface area contributed by atoms with Crippen LogP contribution in [0.5, 0.6) is 0 Å². The van der Waals surface area contributed by atoms with Gasteiger partial charge in [-0.05, 0) is 44.1 Å². The molecule has 3 heteroatoms. The van der Waals surface area contributed by atoms with Crippen LogP contribution >= 0.6 is 0 Å². The quantitative estimate of drug-likeness (QED) is 0.674. The van der Waals surface area contributed by atoms with Crippen LogP contribution in [0.2, 0.25) is 0 Å². The van der Waals surface area contributed by atoms with Crippen molar-refractivity contribution in [3.05, 3.63) is 0 Å². The maximum Gasteiger partial charge on any atom is 0.220 e. The lowest BCUT2D eigenvalue weighted by molar-refractivity contribution is -0.121. The maximum atomic E-state index is 11.5. The normalized spacial score (nSPS) is 18.3. The zero-order chi connectivity index (χ0) is 11.1. The van der Waals surface area contributed by atoms with Crippen molar-refractivity contribution in [1.82, 2.24) is 5.32 Å². The molecular weight excluding hydrogens is 188 g/mol. The summed E-state index contributed by atoms with van der Waals surface area (Å²) in [5, 5.41) is 3.01. The molecule has 1 unspecified atom stereocenters. The lowest BCUT2D eigenvalue weighted by Crippen LogP contribution is -2.32. The minimum absolute atomic E-state index is 0.214. The number of nitrogens with two attached hydrogens (primary N) is 1. The third-order valence-corrected chi connectivity index (χ3v) is 3.34. The minimum Gasteiger partial charge on any atom is -0.356 e. The molecule has 1 amide bonds. The summed E-state index contributed by atoms with van der Waals surface area (Å²) in [6.45, 7) is 3.78. The Hall–Kier alpha value is -0.570. The van der Waals surface area contributed by atoms with E-state index in [0.29, 0.717) is 12.3 Å². The Bertz CT molecular complexity index is 190. The first kappa shape index (κ1) is 12.5. The number of carbonyl (C=O) groups is 1. The van der Waals surface area contributed by atoms with E-state index < -0.39 is 0 Å². The van der Waals surface area contributed by atoms with Crippen LogP contribution < -0.4 is 11.1 Å². The molecule has 1 saturated carbocycles. The molecule has 0 saturated heterocycles. The highest BCUT2D eigenvalue weighted by molar-refractivity contribution is 5.75. The van der Waals surface area contributed by atoms with Gasteiger partial charge in [0.2, 0.25) is 5.91 Å². The van der Waals surface area contributed by atoms with Crippen LogP contribution in [-0.4, -0.2) is 19.0 Å². The van der Waals surface area contributed by atoms with E-state index in [1.807, 2.05) is 0 Å². The Morgan fingerprint density at radius 1 is 1.47 bits per heavy atom. The Labute approximate surface area is 92.8 Å². The molecule has 1 aliphatic rings. The Kier molecular flexibility index (Phi) is 5.69. The van der Waals surface area contributed by atoms with E-state index in [1.165, 1.54) is 19.3 Å². The molecular formula is C12H24N2O. The molecule has 0 bridgehead atoms. The van der Waals surface area contributed by atoms with E-state index >= 15 is 0 Å². The van der Waals surface area contributed by atoms with Crippen LogP contribution in [0.25, 0.3) is 0 Å². The Morgan fingerprint density at radius 3 is 2.73 bits per heavy atom. The Morgan fingerprint density at radius 2 is 2.20 bits per heavy atom. The zero-order valence-electron chi connectivity index (χ0n) is 9.80. The predicted molar refractivity (Wildman–Crippen MR) is 62.4 cm³/mol. The first-order valence-electron chi connectivity index (χ1n) is 6.19. The van der Waals surface area contributed by atoms with Crippen molar-refractivity contribution in [2.45, 2.75) is 45.4 Å². The van der Waals surface area contributed by atoms with Crippen molar-refractivity contribution in [1.29, 1.82) is 0 Å². The molecule has 1 aliphatic carbocycles. The fraction of sp³-hybridized carbons (Fsp3) is 0.917. The van der Waals surface area contributed by atoms with Gasteiger partial charge in [0.15, 0.2) is 0 Å². The van der Waals surface area contributed by atoms with E-state index in [4.69, 9.17) is 5.73 Å². The first-order chi connectivity index (χ1) is 7.22. The van der Waals surface area contributed by atoms with Gasteiger partial charge in [-0.15, -0.1) is 0 Å². The van der Waals surface area contributed by atoms with Gasteiger partial charge < -0.3 is 11.1 Å². The highest BCUT2D eigenvalue weighted by Crippen LogP contribution is 2.25. The lowest BCUT2D eigenvalue weighted by Gasteiger charge is -2.25. The molecule has 0 aromatic carbocycles. The summed E-state index contributed by atoms with van der Waals surface area (Å²) in [6, 6.07) is 0. The highest BCUT2D eigenvalue weighted by Gasteiger charge is 2.17. The second-order valence-corrected chi connectivity index (χ2v) is 4.82. The highest BCUT2D eigenvalue weighted by atomic mass is 16.1. The molecule has 1 rings (SSSR count). The van der Waals surface area contributed by atoms with Gasteiger partial charge in [-0.2, -0.15) is 0 Å². The standard InChI is InChI=1S/C12H24N2O/c1-10(7-8-13)5-6-12(15)14-9-11-3-2-4-11/h10-11H,2-9,13H2,1H3,(H,14,15). The topological polar surface area (TPSA) is 55.1 Å². The van der Waals surface area contributed by atoms with Crippen molar-refractivity contribution in [3.8, 4) is 0 Å². The molecule has 0 aromatic rings. The SMILES string of the molecule is CC(CCN)CCC(=O)NCC1CCC1. The van der Waals surface area contributed by atoms with Gasteiger partial charge >= 0.3 is 0 Å². The molecule has 3 nitrogen and oxygen atoms in total. The predicted octanol–water partition coefficient (Wildman–Crippen LogP) is 1.67. The molecule has 0 radical (unpaired) electrons. The zero-order valence-corrected chi connectivity index (χ0v) is 9.80. The second kappa shape index (κ2) is 6.83. The molecule has 3 N–H and O–H groups in total. The Balaban J connectivity index is 1.97. The first-order valence-corrected chi connectivity index (χ1v) is 6.19. The lowest BCUT2D eigenvalue weighted by atomic mass is 9.85. The van der Waals surface area contributed by atoms with E-state index in [0.717, 1.165) is 31.8 Å². The molecule has 88 valence electrons. The molecule has 1 atom stereocenters. The third-order valence-electron chi connectivity index (χ3n) is 3.34. The fourth-order valence-corrected chi connectivity index (χ4v) is 1.85. The van der Waals surface area contributed by atoms with Crippen LogP contribution in [0.4, 0.5) is 0 Å². The average molecular weight is 212 g/mol. The number of carbonyl (C=O) groups excluding carboxylic acids is 1.